The molecule has 0 aliphatic carbocycles. The van der Waals surface area contributed by atoms with Gasteiger partial charge in [-0.15, -0.1) is 0 Å². The number of rotatable bonds is 10. The number of piperidine rings is 1. The Hall–Kier alpha value is -2.81. The van der Waals surface area contributed by atoms with Crippen molar-refractivity contribution < 1.29 is 28.8 Å². The molecule has 1 unspecified atom stereocenters. The molecule has 1 heterocycles. The number of carbonyl (C=O) groups is 3. The van der Waals surface area contributed by atoms with E-state index in [-0.39, 0.29) is 24.9 Å². The highest BCUT2D eigenvalue weighted by atomic mass is 16.5. The molecular weight excluding hydrogens is 388 g/mol. The molecule has 0 spiro atoms. The van der Waals surface area contributed by atoms with Crippen LogP contribution in [-0.2, 0) is 14.4 Å². The Kier molecular flexibility index (Phi) is 8.91. The maximum Gasteiger partial charge on any atom is 0.279 e. The van der Waals surface area contributed by atoms with E-state index in [1.54, 1.807) is 30.1 Å². The number of hydrogen-bond donors (Lipinski definition) is 3. The summed E-state index contributed by atoms with van der Waals surface area (Å²) in [5.74, 6) is 0.325. The zero-order valence-electron chi connectivity index (χ0n) is 18.0. The SMILES string of the molecule is CCOc1ccc(NC(=O)C[NH+](C)CC(=O)N2CCCC[C@H]2C(N)=O)cc1OCC. The Morgan fingerprint density at radius 3 is 2.50 bits per heavy atom. The fraction of sp³-hybridized carbons (Fsp3) is 0.571. The maximum absolute atomic E-state index is 12.6. The van der Waals surface area contributed by atoms with Gasteiger partial charge in [-0.3, -0.25) is 14.4 Å². The van der Waals surface area contributed by atoms with E-state index in [1.165, 1.54) is 0 Å². The van der Waals surface area contributed by atoms with E-state index in [1.807, 2.05) is 13.8 Å². The van der Waals surface area contributed by atoms with Crippen LogP contribution in [0.1, 0.15) is 33.1 Å². The Morgan fingerprint density at radius 1 is 1.13 bits per heavy atom. The molecule has 9 nitrogen and oxygen atoms in total. The zero-order chi connectivity index (χ0) is 22.1. The van der Waals surface area contributed by atoms with Crippen LogP contribution >= 0.6 is 0 Å². The molecule has 166 valence electrons. The second-order valence-electron chi connectivity index (χ2n) is 7.39. The van der Waals surface area contributed by atoms with Crippen LogP contribution in [0, 0.1) is 0 Å². The molecule has 4 N–H and O–H groups in total. The number of anilines is 1. The lowest BCUT2D eigenvalue weighted by Gasteiger charge is -2.33. The van der Waals surface area contributed by atoms with Crippen molar-refractivity contribution in [1.82, 2.24) is 4.90 Å². The largest absolute Gasteiger partial charge is 0.490 e. The summed E-state index contributed by atoms with van der Waals surface area (Å²) < 4.78 is 11.1. The molecule has 1 aliphatic heterocycles. The van der Waals surface area contributed by atoms with E-state index in [2.05, 4.69) is 5.32 Å². The number of hydrogen-bond acceptors (Lipinski definition) is 5. The average molecular weight is 422 g/mol. The van der Waals surface area contributed by atoms with Gasteiger partial charge >= 0.3 is 0 Å². The number of quaternary nitrogens is 1. The molecule has 2 atom stereocenters. The minimum atomic E-state index is -0.547. The van der Waals surface area contributed by atoms with Crippen LogP contribution in [0.4, 0.5) is 5.69 Å². The summed E-state index contributed by atoms with van der Waals surface area (Å²) in [5.41, 5.74) is 6.03. The minimum absolute atomic E-state index is 0.109. The number of nitrogens with two attached hydrogens (primary N) is 1. The molecule has 0 radical (unpaired) electrons. The Balaban J connectivity index is 1.91. The number of nitrogens with one attached hydrogen (secondary N) is 2. The first-order valence-electron chi connectivity index (χ1n) is 10.4. The zero-order valence-corrected chi connectivity index (χ0v) is 18.0. The predicted octanol–water partition coefficient (Wildman–Crippen LogP) is -0.196. The van der Waals surface area contributed by atoms with Gasteiger partial charge in [0.2, 0.25) is 5.91 Å². The topological polar surface area (TPSA) is 115 Å². The van der Waals surface area contributed by atoms with Crippen LogP contribution in [0.2, 0.25) is 0 Å². The van der Waals surface area contributed by atoms with E-state index >= 15 is 0 Å². The van der Waals surface area contributed by atoms with E-state index < -0.39 is 11.9 Å². The number of carbonyl (C=O) groups excluding carboxylic acids is 3. The Bertz CT molecular complexity index is 755. The molecule has 1 aromatic carbocycles. The molecule has 0 saturated carbocycles. The Labute approximate surface area is 177 Å². The molecule has 2 rings (SSSR count). The quantitative estimate of drug-likeness (QED) is 0.484. The fourth-order valence-corrected chi connectivity index (χ4v) is 3.56. The van der Waals surface area contributed by atoms with Crippen LogP contribution in [0.15, 0.2) is 18.2 Å². The van der Waals surface area contributed by atoms with Crippen molar-refractivity contribution in [3.8, 4) is 11.5 Å². The molecule has 1 fully saturated rings. The summed E-state index contributed by atoms with van der Waals surface area (Å²) in [7, 11) is 1.77. The van der Waals surface area contributed by atoms with Gasteiger partial charge in [0.25, 0.3) is 11.8 Å². The van der Waals surface area contributed by atoms with Crippen LogP contribution in [0.25, 0.3) is 0 Å². The normalized spacial score (nSPS) is 17.2. The third-order valence-electron chi connectivity index (χ3n) is 4.89. The summed E-state index contributed by atoms with van der Waals surface area (Å²) in [6, 6.07) is 4.67. The number of primary amides is 1. The van der Waals surface area contributed by atoms with Crippen molar-refractivity contribution in [2.45, 2.75) is 39.2 Å². The summed E-state index contributed by atoms with van der Waals surface area (Å²) >= 11 is 0. The fourth-order valence-electron chi connectivity index (χ4n) is 3.56. The smallest absolute Gasteiger partial charge is 0.279 e. The molecule has 3 amide bonds. The summed E-state index contributed by atoms with van der Waals surface area (Å²) in [6.45, 7) is 5.51. The van der Waals surface area contributed by atoms with Gasteiger partial charge in [-0.1, -0.05) is 0 Å². The molecule has 1 aromatic rings. The van der Waals surface area contributed by atoms with Crippen LogP contribution in [0.5, 0.6) is 11.5 Å². The van der Waals surface area contributed by atoms with Gasteiger partial charge in [-0.05, 0) is 45.2 Å². The van der Waals surface area contributed by atoms with Gasteiger partial charge in [0.05, 0.1) is 20.3 Å². The first-order valence-corrected chi connectivity index (χ1v) is 10.4. The predicted molar refractivity (Wildman–Crippen MR) is 113 cm³/mol. The molecule has 30 heavy (non-hydrogen) atoms. The summed E-state index contributed by atoms with van der Waals surface area (Å²) in [5, 5.41) is 2.83. The van der Waals surface area contributed by atoms with Gasteiger partial charge in [0.15, 0.2) is 24.6 Å². The van der Waals surface area contributed by atoms with Crippen LogP contribution in [-0.4, -0.2) is 68.6 Å². The number of nitrogens with zero attached hydrogens (tertiary/aromatic N) is 1. The first-order chi connectivity index (χ1) is 14.3. The lowest BCUT2D eigenvalue weighted by molar-refractivity contribution is -0.862. The average Bonchev–Trinajstić information content (AvgIpc) is 2.70. The number of likely N-dealkylation sites (N-methyl/N-ethyl adjacent to an activating group) is 1. The lowest BCUT2D eigenvalue weighted by Crippen LogP contribution is -3.11. The van der Waals surface area contributed by atoms with Crippen molar-refractivity contribution in [1.29, 1.82) is 0 Å². The third kappa shape index (κ3) is 6.62. The highest BCUT2D eigenvalue weighted by molar-refractivity contribution is 5.92. The molecule has 9 heteroatoms. The highest BCUT2D eigenvalue weighted by Gasteiger charge is 2.32. The first kappa shape index (κ1) is 23.5. The number of benzene rings is 1. The molecular formula is C21H33N4O5+. The van der Waals surface area contributed by atoms with E-state index in [4.69, 9.17) is 15.2 Å². The second-order valence-corrected chi connectivity index (χ2v) is 7.39. The van der Waals surface area contributed by atoms with Crippen LogP contribution < -0.4 is 25.4 Å². The summed E-state index contributed by atoms with van der Waals surface area (Å²) in [6.07, 6.45) is 2.34. The van der Waals surface area contributed by atoms with Gasteiger partial charge in [-0.25, -0.2) is 0 Å². The van der Waals surface area contributed by atoms with Gasteiger partial charge < -0.3 is 30.3 Å². The van der Waals surface area contributed by atoms with Crippen molar-refractivity contribution in [3.05, 3.63) is 18.2 Å². The van der Waals surface area contributed by atoms with Crippen molar-refractivity contribution >= 4 is 23.4 Å². The lowest BCUT2D eigenvalue weighted by atomic mass is 10.0. The van der Waals surface area contributed by atoms with Gasteiger partial charge in [0.1, 0.15) is 6.04 Å². The van der Waals surface area contributed by atoms with Gasteiger partial charge in [-0.2, -0.15) is 0 Å². The number of likely N-dealkylation sites (tertiary alicyclic amines) is 1. The molecule has 1 aliphatic rings. The van der Waals surface area contributed by atoms with Crippen molar-refractivity contribution in [2.24, 2.45) is 5.73 Å². The van der Waals surface area contributed by atoms with Crippen LogP contribution in [0.3, 0.4) is 0 Å². The Morgan fingerprint density at radius 2 is 1.83 bits per heavy atom. The molecule has 0 aromatic heterocycles. The number of ether oxygens (including phenoxy) is 2. The maximum atomic E-state index is 12.6. The molecule has 1 saturated heterocycles. The van der Waals surface area contributed by atoms with Crippen molar-refractivity contribution in [2.75, 3.05) is 45.2 Å². The van der Waals surface area contributed by atoms with Gasteiger partial charge in [0, 0.05) is 18.3 Å². The monoisotopic (exact) mass is 421 g/mol. The summed E-state index contributed by atoms with van der Waals surface area (Å²) in [4.78, 5) is 38.9. The van der Waals surface area contributed by atoms with E-state index in [9.17, 15) is 14.4 Å². The van der Waals surface area contributed by atoms with E-state index in [0.29, 0.717) is 43.4 Å². The molecule has 0 bridgehead atoms. The standard InChI is InChI=1S/C21H32N4O5/c1-4-29-17-10-9-15(12-18(17)30-5-2)23-19(26)13-24(3)14-20(27)25-11-7-6-8-16(25)21(22)28/h9-10,12,16H,4-8,11,13-14H2,1-3H3,(H2,22,28)(H,23,26)/p+1/t16-/m0/s1. The second kappa shape index (κ2) is 11.4. The minimum Gasteiger partial charge on any atom is -0.490 e. The number of amides is 3. The van der Waals surface area contributed by atoms with E-state index in [0.717, 1.165) is 17.7 Å². The highest BCUT2D eigenvalue weighted by Crippen LogP contribution is 2.30. The third-order valence-corrected chi connectivity index (χ3v) is 4.89. The van der Waals surface area contributed by atoms with Crippen molar-refractivity contribution in [3.63, 3.8) is 0 Å².